The summed E-state index contributed by atoms with van der Waals surface area (Å²) < 4.78 is 16.2. The van der Waals surface area contributed by atoms with E-state index in [0.717, 1.165) is 5.56 Å². The fourth-order valence-corrected chi connectivity index (χ4v) is 3.28. The Morgan fingerprint density at radius 2 is 1.80 bits per heavy atom. The van der Waals surface area contributed by atoms with Crippen molar-refractivity contribution in [2.45, 2.75) is 25.6 Å². The molecule has 0 spiro atoms. The Morgan fingerprint density at radius 1 is 1.04 bits per heavy atom. The number of fused-ring (bicyclic) bond motifs is 1. The van der Waals surface area contributed by atoms with Gasteiger partial charge < -0.3 is 14.2 Å². The molecular weight excluding hydrogens is 322 g/mol. The maximum Gasteiger partial charge on any atom is 0.310 e. The van der Waals surface area contributed by atoms with Crippen molar-refractivity contribution in [3.63, 3.8) is 0 Å². The van der Waals surface area contributed by atoms with E-state index < -0.39 is 6.23 Å². The summed E-state index contributed by atoms with van der Waals surface area (Å²) in [4.78, 5) is 26.2. The first kappa shape index (κ1) is 15.5. The number of carbonyl (C=O) groups is 2. The highest BCUT2D eigenvalue weighted by Gasteiger charge is 2.40. The van der Waals surface area contributed by atoms with Gasteiger partial charge >= 0.3 is 5.97 Å². The molecule has 0 aromatic heterocycles. The smallest absolute Gasteiger partial charge is 0.310 e. The van der Waals surface area contributed by atoms with Gasteiger partial charge in [0.25, 0.3) is 0 Å². The third-order valence-electron chi connectivity index (χ3n) is 4.42. The van der Waals surface area contributed by atoms with Gasteiger partial charge in [-0.1, -0.05) is 30.3 Å². The molecule has 0 unspecified atom stereocenters. The lowest BCUT2D eigenvalue weighted by atomic mass is 9.98. The zero-order valence-corrected chi connectivity index (χ0v) is 13.7. The number of carbonyl (C=O) groups excluding carboxylic acids is 2. The Balaban J connectivity index is 1.75. The second kappa shape index (κ2) is 6.12. The van der Waals surface area contributed by atoms with Crippen LogP contribution in [0.15, 0.2) is 48.5 Å². The highest BCUT2D eigenvalue weighted by molar-refractivity contribution is 5.79. The Hall–Kier alpha value is -3.02. The van der Waals surface area contributed by atoms with Gasteiger partial charge in [0.15, 0.2) is 11.5 Å². The molecule has 2 aliphatic heterocycles. The number of hydrogen-bond donors (Lipinski definition) is 0. The number of esters is 1. The summed E-state index contributed by atoms with van der Waals surface area (Å²) in [5, 5.41) is 0. The lowest BCUT2D eigenvalue weighted by molar-refractivity contribution is -0.183. The molecule has 2 aliphatic rings. The van der Waals surface area contributed by atoms with E-state index >= 15 is 0 Å². The monoisotopic (exact) mass is 339 g/mol. The lowest BCUT2D eigenvalue weighted by Gasteiger charge is -2.41. The number of rotatable bonds is 2. The normalized spacial score (nSPS) is 21.8. The molecule has 2 aromatic rings. The lowest BCUT2D eigenvalue weighted by Crippen LogP contribution is -2.44. The number of ether oxygens (including phenoxy) is 3. The molecule has 6 nitrogen and oxygen atoms in total. The van der Waals surface area contributed by atoms with Crippen LogP contribution in [0, 0.1) is 0 Å². The molecule has 2 aromatic carbocycles. The van der Waals surface area contributed by atoms with Crippen molar-refractivity contribution in [3.05, 3.63) is 59.7 Å². The van der Waals surface area contributed by atoms with Crippen LogP contribution in [0.3, 0.4) is 0 Å². The van der Waals surface area contributed by atoms with Gasteiger partial charge in [0.05, 0.1) is 12.5 Å². The minimum absolute atomic E-state index is 0.130. The van der Waals surface area contributed by atoms with Gasteiger partial charge in [-0.3, -0.25) is 14.5 Å². The third-order valence-corrected chi connectivity index (χ3v) is 4.42. The molecule has 0 bridgehead atoms. The van der Waals surface area contributed by atoms with Crippen LogP contribution >= 0.6 is 0 Å². The molecule has 1 fully saturated rings. The number of cyclic esters (lactones) is 1. The summed E-state index contributed by atoms with van der Waals surface area (Å²) in [5.41, 5.74) is 1.58. The van der Waals surface area contributed by atoms with Crippen molar-refractivity contribution in [2.24, 2.45) is 0 Å². The van der Waals surface area contributed by atoms with Crippen LogP contribution in [0.1, 0.15) is 36.7 Å². The Morgan fingerprint density at radius 3 is 2.56 bits per heavy atom. The minimum Gasteiger partial charge on any atom is -0.454 e. The van der Waals surface area contributed by atoms with Gasteiger partial charge in [0.1, 0.15) is 0 Å². The van der Waals surface area contributed by atoms with Gasteiger partial charge in [-0.15, -0.1) is 0 Å². The van der Waals surface area contributed by atoms with Crippen molar-refractivity contribution >= 4 is 11.9 Å². The Labute approximate surface area is 144 Å². The van der Waals surface area contributed by atoms with E-state index in [0.29, 0.717) is 17.1 Å². The highest BCUT2D eigenvalue weighted by Crippen LogP contribution is 2.41. The Bertz CT molecular complexity index is 820. The zero-order chi connectivity index (χ0) is 17.4. The number of amides is 1. The fraction of sp³-hybridized carbons (Fsp3) is 0.263. The molecule has 2 heterocycles. The van der Waals surface area contributed by atoms with E-state index in [2.05, 4.69) is 0 Å². The van der Waals surface area contributed by atoms with Crippen LogP contribution in [-0.2, 0) is 14.3 Å². The summed E-state index contributed by atoms with van der Waals surface area (Å²) in [6.07, 6.45) is -0.663. The minimum atomic E-state index is -0.793. The maximum absolute atomic E-state index is 12.4. The average Bonchev–Trinajstić information content (AvgIpc) is 3.09. The molecule has 6 heteroatoms. The van der Waals surface area contributed by atoms with Crippen molar-refractivity contribution < 1.29 is 23.8 Å². The first-order chi connectivity index (χ1) is 12.1. The molecule has 0 radical (unpaired) electrons. The molecule has 1 saturated heterocycles. The van der Waals surface area contributed by atoms with E-state index in [1.165, 1.54) is 6.92 Å². The first-order valence-electron chi connectivity index (χ1n) is 8.06. The standard InChI is InChI=1S/C19H17NO5/c1-12(21)20-15(13-5-3-2-4-6-13)10-18(22)25-19(20)14-7-8-16-17(9-14)24-11-23-16/h2-9,15,19H,10-11H2,1H3/t15-,19+/m1/s1. The van der Waals surface area contributed by atoms with Gasteiger partial charge in [0, 0.05) is 12.5 Å². The predicted molar refractivity (Wildman–Crippen MR) is 87.7 cm³/mol. The summed E-state index contributed by atoms with van der Waals surface area (Å²) >= 11 is 0. The molecule has 0 aliphatic carbocycles. The van der Waals surface area contributed by atoms with Crippen molar-refractivity contribution in [3.8, 4) is 11.5 Å². The fourth-order valence-electron chi connectivity index (χ4n) is 3.28. The topological polar surface area (TPSA) is 65.1 Å². The van der Waals surface area contributed by atoms with Crippen molar-refractivity contribution in [2.75, 3.05) is 6.79 Å². The number of hydrogen-bond acceptors (Lipinski definition) is 5. The maximum atomic E-state index is 12.4. The molecule has 0 N–H and O–H groups in total. The summed E-state index contributed by atoms with van der Waals surface area (Å²) in [6.45, 7) is 1.64. The van der Waals surface area contributed by atoms with Crippen LogP contribution in [0.5, 0.6) is 11.5 Å². The molecule has 128 valence electrons. The van der Waals surface area contributed by atoms with Crippen LogP contribution in [-0.4, -0.2) is 23.6 Å². The second-order valence-corrected chi connectivity index (χ2v) is 6.01. The van der Waals surface area contributed by atoms with Gasteiger partial charge in [-0.2, -0.15) is 0 Å². The summed E-state index contributed by atoms with van der Waals surface area (Å²) in [5.74, 6) is 0.719. The highest BCUT2D eigenvalue weighted by atomic mass is 16.7. The molecule has 1 amide bonds. The Kier molecular flexibility index (Phi) is 3.80. The first-order valence-corrected chi connectivity index (χ1v) is 8.06. The quantitative estimate of drug-likeness (QED) is 0.787. The van der Waals surface area contributed by atoms with E-state index in [-0.39, 0.29) is 31.1 Å². The van der Waals surface area contributed by atoms with Crippen LogP contribution in [0.4, 0.5) is 0 Å². The third kappa shape index (κ3) is 2.80. The predicted octanol–water partition coefficient (Wildman–Crippen LogP) is 2.95. The van der Waals surface area contributed by atoms with Gasteiger partial charge in [-0.25, -0.2) is 0 Å². The number of benzene rings is 2. The molecule has 25 heavy (non-hydrogen) atoms. The second-order valence-electron chi connectivity index (χ2n) is 6.01. The molecule has 2 atom stereocenters. The zero-order valence-electron chi connectivity index (χ0n) is 13.7. The molecule has 0 saturated carbocycles. The SMILES string of the molecule is CC(=O)N1[C@@H](c2ccccc2)CC(=O)O[C@H]1c1ccc2c(c1)OCO2. The van der Waals surface area contributed by atoms with Crippen molar-refractivity contribution in [1.82, 2.24) is 4.90 Å². The van der Waals surface area contributed by atoms with Crippen LogP contribution < -0.4 is 9.47 Å². The van der Waals surface area contributed by atoms with Crippen LogP contribution in [0.2, 0.25) is 0 Å². The van der Waals surface area contributed by atoms with Gasteiger partial charge in [-0.05, 0) is 23.8 Å². The van der Waals surface area contributed by atoms with E-state index in [4.69, 9.17) is 14.2 Å². The van der Waals surface area contributed by atoms with E-state index in [1.54, 1.807) is 23.1 Å². The largest absolute Gasteiger partial charge is 0.454 e. The average molecular weight is 339 g/mol. The van der Waals surface area contributed by atoms with E-state index in [1.807, 2.05) is 30.3 Å². The van der Waals surface area contributed by atoms with E-state index in [9.17, 15) is 9.59 Å². The molecule has 4 rings (SSSR count). The van der Waals surface area contributed by atoms with Crippen LogP contribution in [0.25, 0.3) is 0 Å². The summed E-state index contributed by atoms with van der Waals surface area (Å²) in [7, 11) is 0. The van der Waals surface area contributed by atoms with Crippen molar-refractivity contribution in [1.29, 1.82) is 0 Å². The molecular formula is C19H17NO5. The van der Waals surface area contributed by atoms with Gasteiger partial charge in [0.2, 0.25) is 18.9 Å². The number of nitrogens with zero attached hydrogens (tertiary/aromatic N) is 1. The summed E-state index contributed by atoms with van der Waals surface area (Å²) in [6, 6.07) is 14.4.